The smallest absolute Gasteiger partial charge is 0.0758 e. The van der Waals surface area contributed by atoms with Gasteiger partial charge in [-0.2, -0.15) is 0 Å². The van der Waals surface area contributed by atoms with Crippen molar-refractivity contribution < 1.29 is 5.11 Å². The normalized spacial score (nSPS) is 13.0. The number of hydrogen-bond acceptors (Lipinski definition) is 4. The van der Waals surface area contributed by atoms with Crippen LogP contribution in [0.25, 0.3) is 23.3 Å². The lowest BCUT2D eigenvalue weighted by atomic mass is 10.0. The Labute approximate surface area is 154 Å². The van der Waals surface area contributed by atoms with E-state index in [0.717, 1.165) is 39.0 Å². The third-order valence-electron chi connectivity index (χ3n) is 3.91. The van der Waals surface area contributed by atoms with Crippen LogP contribution < -0.4 is 15.9 Å². The molecule has 2 rings (SSSR count). The Morgan fingerprint density at radius 1 is 1.19 bits per heavy atom. The van der Waals surface area contributed by atoms with Gasteiger partial charge in [0.1, 0.15) is 0 Å². The molecular formula is C22H25N3O. The fourth-order valence-electron chi connectivity index (χ4n) is 2.63. The third-order valence-corrected chi connectivity index (χ3v) is 3.91. The Bertz CT molecular complexity index is 971. The molecule has 0 atom stereocenters. The Morgan fingerprint density at radius 3 is 2.58 bits per heavy atom. The van der Waals surface area contributed by atoms with Gasteiger partial charge in [0.15, 0.2) is 0 Å². The number of nitrogens with zero attached hydrogens (tertiary/aromatic N) is 2. The average molecular weight is 347 g/mol. The highest BCUT2D eigenvalue weighted by Crippen LogP contribution is 2.26. The van der Waals surface area contributed by atoms with Gasteiger partial charge in [-0.25, -0.2) is 4.98 Å². The largest absolute Gasteiger partial charge is 0.393 e. The summed E-state index contributed by atoms with van der Waals surface area (Å²) < 4.78 is 0. The Kier molecular flexibility index (Phi) is 6.64. The summed E-state index contributed by atoms with van der Waals surface area (Å²) in [4.78, 5) is 9.30. The summed E-state index contributed by atoms with van der Waals surface area (Å²) in [6.07, 6.45) is 5.58. The first-order valence-corrected chi connectivity index (χ1v) is 8.45. The van der Waals surface area contributed by atoms with Crippen LogP contribution in [0.1, 0.15) is 24.0 Å². The number of rotatable bonds is 6. The predicted molar refractivity (Wildman–Crippen MR) is 109 cm³/mol. The van der Waals surface area contributed by atoms with Gasteiger partial charge in [0, 0.05) is 35.7 Å². The molecule has 2 aromatic heterocycles. The fraction of sp³-hybridized carbons (Fsp3) is 0.182. The quantitative estimate of drug-likeness (QED) is 0.787. The molecular weight excluding hydrogens is 322 g/mol. The van der Waals surface area contributed by atoms with E-state index in [9.17, 15) is 5.11 Å². The summed E-state index contributed by atoms with van der Waals surface area (Å²) in [5, 5.41) is 14.2. The van der Waals surface area contributed by atoms with Gasteiger partial charge in [-0.05, 0) is 37.3 Å². The Hall–Kier alpha value is -2.98. The molecule has 26 heavy (non-hydrogen) atoms. The molecule has 0 unspecified atom stereocenters. The van der Waals surface area contributed by atoms with Gasteiger partial charge in [0.05, 0.1) is 23.3 Å². The van der Waals surface area contributed by atoms with Crippen LogP contribution in [0.5, 0.6) is 0 Å². The zero-order valence-electron chi connectivity index (χ0n) is 15.6. The number of aliphatic hydroxyl groups is 1. The van der Waals surface area contributed by atoms with Gasteiger partial charge >= 0.3 is 0 Å². The zero-order valence-corrected chi connectivity index (χ0v) is 15.6. The van der Waals surface area contributed by atoms with E-state index in [-0.39, 0.29) is 6.61 Å². The van der Waals surface area contributed by atoms with Gasteiger partial charge in [-0.15, -0.1) is 0 Å². The monoisotopic (exact) mass is 347 g/mol. The molecule has 2 N–H and O–H groups in total. The van der Waals surface area contributed by atoms with Crippen molar-refractivity contribution in [2.24, 2.45) is 0 Å². The van der Waals surface area contributed by atoms with E-state index < -0.39 is 0 Å². The molecule has 0 amide bonds. The molecule has 0 aliphatic rings. The number of hydrogen-bond donors (Lipinski definition) is 2. The number of aliphatic hydroxyl groups excluding tert-OH is 1. The van der Waals surface area contributed by atoms with Crippen molar-refractivity contribution >= 4 is 23.3 Å². The summed E-state index contributed by atoms with van der Waals surface area (Å²) >= 11 is 0. The summed E-state index contributed by atoms with van der Waals surface area (Å²) in [5.74, 6) is 0. The van der Waals surface area contributed by atoms with E-state index in [1.54, 1.807) is 0 Å². The molecule has 0 saturated heterocycles. The van der Waals surface area contributed by atoms with Gasteiger partial charge in [0.2, 0.25) is 0 Å². The minimum absolute atomic E-state index is 0.102. The SMILES string of the molecule is C=C(/C(=C\NC)c1ccc(=C)/c(=C(\C=C/C)CO)n1)c1cccc(C)n1. The maximum atomic E-state index is 9.68. The van der Waals surface area contributed by atoms with Gasteiger partial charge in [-0.3, -0.25) is 4.98 Å². The van der Waals surface area contributed by atoms with Crippen LogP contribution in [0.2, 0.25) is 0 Å². The van der Waals surface area contributed by atoms with Crippen LogP contribution in [-0.2, 0) is 0 Å². The van der Waals surface area contributed by atoms with E-state index in [4.69, 9.17) is 4.98 Å². The lowest BCUT2D eigenvalue weighted by Crippen LogP contribution is -2.31. The predicted octanol–water partition coefficient (Wildman–Crippen LogP) is 2.19. The molecule has 0 radical (unpaired) electrons. The highest BCUT2D eigenvalue weighted by atomic mass is 16.3. The van der Waals surface area contributed by atoms with E-state index >= 15 is 0 Å². The lowest BCUT2D eigenvalue weighted by molar-refractivity contribution is 0.350. The summed E-state index contributed by atoms with van der Waals surface area (Å²) in [6.45, 7) is 12.0. The highest BCUT2D eigenvalue weighted by molar-refractivity contribution is 6.02. The summed E-state index contributed by atoms with van der Waals surface area (Å²) in [5.41, 5.74) is 4.80. The minimum Gasteiger partial charge on any atom is -0.393 e. The van der Waals surface area contributed by atoms with Crippen LogP contribution in [-0.4, -0.2) is 28.7 Å². The van der Waals surface area contributed by atoms with E-state index in [1.807, 2.05) is 69.6 Å². The zero-order chi connectivity index (χ0) is 19.1. The Morgan fingerprint density at radius 2 is 1.96 bits per heavy atom. The molecule has 0 aliphatic heterocycles. The number of nitrogens with one attached hydrogen (secondary N) is 1. The molecule has 0 fully saturated rings. The first-order valence-electron chi connectivity index (χ1n) is 8.45. The van der Waals surface area contributed by atoms with Gasteiger partial charge in [0.25, 0.3) is 0 Å². The van der Waals surface area contributed by atoms with Crippen LogP contribution in [0.15, 0.2) is 55.3 Å². The van der Waals surface area contributed by atoms with Crippen molar-refractivity contribution in [2.45, 2.75) is 13.8 Å². The minimum atomic E-state index is -0.102. The molecule has 4 heteroatoms. The summed E-state index contributed by atoms with van der Waals surface area (Å²) in [7, 11) is 1.83. The molecule has 2 heterocycles. The maximum Gasteiger partial charge on any atom is 0.0758 e. The number of aromatic nitrogens is 2. The number of allylic oxidation sites excluding steroid dienone is 3. The van der Waals surface area contributed by atoms with Crippen LogP contribution >= 0.6 is 0 Å². The molecule has 4 nitrogen and oxygen atoms in total. The van der Waals surface area contributed by atoms with Crippen molar-refractivity contribution in [1.82, 2.24) is 15.3 Å². The van der Waals surface area contributed by atoms with Crippen molar-refractivity contribution in [2.75, 3.05) is 13.7 Å². The van der Waals surface area contributed by atoms with Crippen LogP contribution in [0, 0.1) is 6.92 Å². The van der Waals surface area contributed by atoms with Crippen LogP contribution in [0.3, 0.4) is 0 Å². The second kappa shape index (κ2) is 8.92. The molecule has 134 valence electrons. The van der Waals surface area contributed by atoms with Gasteiger partial charge in [-0.1, -0.05) is 37.4 Å². The van der Waals surface area contributed by atoms with E-state index in [0.29, 0.717) is 5.35 Å². The first kappa shape index (κ1) is 19.3. The van der Waals surface area contributed by atoms with Gasteiger partial charge < -0.3 is 10.4 Å². The van der Waals surface area contributed by atoms with E-state index in [2.05, 4.69) is 23.5 Å². The van der Waals surface area contributed by atoms with Crippen LogP contribution in [0.4, 0.5) is 0 Å². The molecule has 0 aromatic carbocycles. The topological polar surface area (TPSA) is 58.0 Å². The highest BCUT2D eigenvalue weighted by Gasteiger charge is 2.12. The fourth-order valence-corrected chi connectivity index (χ4v) is 2.63. The second-order valence-electron chi connectivity index (χ2n) is 5.88. The third kappa shape index (κ3) is 4.35. The molecule has 0 aliphatic carbocycles. The lowest BCUT2D eigenvalue weighted by Gasteiger charge is -2.12. The Balaban J connectivity index is 2.64. The number of pyridine rings is 2. The maximum absolute atomic E-state index is 9.68. The van der Waals surface area contributed by atoms with Crippen molar-refractivity contribution in [3.63, 3.8) is 0 Å². The van der Waals surface area contributed by atoms with E-state index in [1.165, 1.54) is 0 Å². The molecule has 0 saturated carbocycles. The van der Waals surface area contributed by atoms with Crippen molar-refractivity contribution in [1.29, 1.82) is 0 Å². The standard InChI is InChI=1S/C22H25N3O/c1-6-8-18(14-26)22-15(2)11-12-21(25-22)19(13-23-5)17(4)20-10-7-9-16(3)24-20/h6-13,23,26H,2,4,14H2,1,3,5H3/b8-6-,19-13+,22-18-. The summed E-state index contributed by atoms with van der Waals surface area (Å²) in [6, 6.07) is 9.64. The van der Waals surface area contributed by atoms with Crippen molar-refractivity contribution in [3.05, 3.63) is 82.9 Å². The molecule has 2 aromatic rings. The molecule has 0 spiro atoms. The first-order chi connectivity index (χ1) is 12.5. The average Bonchev–Trinajstić information content (AvgIpc) is 2.64. The van der Waals surface area contributed by atoms with Crippen molar-refractivity contribution in [3.8, 4) is 0 Å². The molecule has 0 bridgehead atoms. The number of aryl methyl sites for hydroxylation is 1. The second-order valence-corrected chi connectivity index (χ2v) is 5.88.